The van der Waals surface area contributed by atoms with Crippen LogP contribution in [0.1, 0.15) is 6.42 Å². The molecule has 0 aromatic carbocycles. The Bertz CT molecular complexity index is 86.2. The zero-order valence-electron chi connectivity index (χ0n) is 3.76. The van der Waals surface area contributed by atoms with Gasteiger partial charge in [0.1, 0.15) is 12.2 Å². The van der Waals surface area contributed by atoms with Gasteiger partial charge in [0.15, 0.2) is 0 Å². The van der Waals surface area contributed by atoms with Crippen molar-refractivity contribution in [1.82, 2.24) is 0 Å². The van der Waals surface area contributed by atoms with Crippen LogP contribution in [0.25, 0.3) is 0 Å². The predicted octanol–water partition coefficient (Wildman–Crippen LogP) is 0.874. The van der Waals surface area contributed by atoms with Crippen molar-refractivity contribution in [3.05, 3.63) is 0 Å². The average Bonchev–Trinajstić information content (AvgIpc) is 1.69. The molecular formula is C4H5NOS. The van der Waals surface area contributed by atoms with Crippen LogP contribution >= 0.6 is 12.2 Å². The molecule has 0 fully saturated rings. The summed E-state index contributed by atoms with van der Waals surface area (Å²) in [5.74, 6) is 0. The van der Waals surface area contributed by atoms with E-state index in [0.717, 1.165) is 5.55 Å². The summed E-state index contributed by atoms with van der Waals surface area (Å²) in [7, 11) is 0. The summed E-state index contributed by atoms with van der Waals surface area (Å²) in [5.41, 5.74) is 1.16. The van der Waals surface area contributed by atoms with Crippen LogP contribution in [0.15, 0.2) is 0 Å². The van der Waals surface area contributed by atoms with Crippen LogP contribution in [-0.4, -0.2) is 12.2 Å². The molecule has 0 N–H and O–H groups in total. The highest BCUT2D eigenvalue weighted by Crippen LogP contribution is 1.73. The Morgan fingerprint density at radius 2 is 2.57 bits per heavy atom. The second-order valence-electron chi connectivity index (χ2n) is 0.875. The average molecular weight is 115 g/mol. The van der Waals surface area contributed by atoms with Crippen LogP contribution in [0.5, 0.6) is 0 Å². The van der Waals surface area contributed by atoms with E-state index in [0.29, 0.717) is 13.0 Å². The van der Waals surface area contributed by atoms with E-state index in [9.17, 15) is 0 Å². The molecule has 0 aromatic heterocycles. The summed E-state index contributed by atoms with van der Waals surface area (Å²) < 4.78 is 4.54. The third kappa shape index (κ3) is 5.38. The second-order valence-corrected chi connectivity index (χ2v) is 1.07. The highest BCUT2D eigenvalue weighted by Gasteiger charge is 1.75. The third-order valence-corrected chi connectivity index (χ3v) is 0.536. The molecule has 38 valence electrons. The van der Waals surface area contributed by atoms with Gasteiger partial charge in [-0.05, 0) is 12.2 Å². The van der Waals surface area contributed by atoms with Gasteiger partial charge >= 0.3 is 0 Å². The second kappa shape index (κ2) is 5.38. The van der Waals surface area contributed by atoms with Crippen LogP contribution < -0.4 is 0 Å². The van der Waals surface area contributed by atoms with Crippen molar-refractivity contribution in [2.24, 2.45) is 0 Å². The molecule has 0 aliphatic carbocycles. The Balaban J connectivity index is 2.72. The van der Waals surface area contributed by atoms with Gasteiger partial charge in [-0.1, -0.05) is 0 Å². The number of hydrogen-bond acceptors (Lipinski definition) is 3. The van der Waals surface area contributed by atoms with Crippen molar-refractivity contribution >= 4 is 17.8 Å². The number of ether oxygens (including phenoxy) is 1. The summed E-state index contributed by atoms with van der Waals surface area (Å²) in [6.45, 7) is 0.417. The lowest BCUT2D eigenvalue weighted by molar-refractivity contribution is 0.337. The lowest BCUT2D eigenvalue weighted by atomic mass is 10.5. The van der Waals surface area contributed by atoms with Crippen molar-refractivity contribution in [3.8, 4) is 6.07 Å². The van der Waals surface area contributed by atoms with Gasteiger partial charge in [-0.25, -0.2) is 0 Å². The smallest absolute Gasteiger partial charge is 0.146 e. The Morgan fingerprint density at radius 3 is 3.00 bits per heavy atom. The molecule has 0 unspecified atom stereocenters. The monoisotopic (exact) mass is 115 g/mol. The number of thiocarbonyl (C=S) groups is 1. The van der Waals surface area contributed by atoms with Crippen LogP contribution in [-0.2, 0) is 4.74 Å². The first-order chi connectivity index (χ1) is 3.41. The minimum Gasteiger partial charge on any atom is -0.489 e. The van der Waals surface area contributed by atoms with Gasteiger partial charge < -0.3 is 4.74 Å². The predicted molar refractivity (Wildman–Crippen MR) is 29.8 cm³/mol. The van der Waals surface area contributed by atoms with Gasteiger partial charge in [0.05, 0.1) is 12.5 Å². The molecule has 0 aliphatic rings. The first-order valence-electron chi connectivity index (χ1n) is 1.84. The minimum absolute atomic E-state index is 0.410. The largest absolute Gasteiger partial charge is 0.489 e. The van der Waals surface area contributed by atoms with Crippen molar-refractivity contribution in [2.75, 3.05) is 6.61 Å². The lowest BCUT2D eigenvalue weighted by Gasteiger charge is -1.87. The number of hydrogen-bond donors (Lipinski definition) is 0. The van der Waals surface area contributed by atoms with Gasteiger partial charge in [-0.2, -0.15) is 5.26 Å². The van der Waals surface area contributed by atoms with Gasteiger partial charge in [0, 0.05) is 0 Å². The summed E-state index contributed by atoms with van der Waals surface area (Å²) in [6.07, 6.45) is 0.410. The molecule has 0 atom stereocenters. The molecule has 0 spiro atoms. The van der Waals surface area contributed by atoms with E-state index in [-0.39, 0.29) is 0 Å². The highest BCUT2D eigenvalue weighted by atomic mass is 32.1. The van der Waals surface area contributed by atoms with Crippen molar-refractivity contribution < 1.29 is 4.74 Å². The molecule has 0 bridgehead atoms. The fourth-order valence-corrected chi connectivity index (χ4v) is 0.249. The van der Waals surface area contributed by atoms with Gasteiger partial charge in [0.2, 0.25) is 0 Å². The van der Waals surface area contributed by atoms with E-state index in [2.05, 4.69) is 17.0 Å². The topological polar surface area (TPSA) is 33.0 Å². The summed E-state index contributed by atoms with van der Waals surface area (Å²) in [6, 6.07) is 1.91. The fraction of sp³-hybridized carbons (Fsp3) is 0.500. The first kappa shape index (κ1) is 6.38. The molecule has 0 radical (unpaired) electrons. The zero-order valence-corrected chi connectivity index (χ0v) is 4.57. The molecule has 3 heteroatoms. The van der Waals surface area contributed by atoms with Crippen LogP contribution in [0, 0.1) is 11.3 Å². The van der Waals surface area contributed by atoms with Crippen LogP contribution in [0.2, 0.25) is 0 Å². The van der Waals surface area contributed by atoms with Gasteiger partial charge in [-0.3, -0.25) is 0 Å². The molecule has 0 heterocycles. The third-order valence-electron chi connectivity index (χ3n) is 0.400. The molecule has 0 rings (SSSR count). The quantitative estimate of drug-likeness (QED) is 0.404. The normalized spacial score (nSPS) is 6.71. The van der Waals surface area contributed by atoms with Crippen LogP contribution in [0.4, 0.5) is 0 Å². The molecule has 0 aromatic rings. The van der Waals surface area contributed by atoms with Crippen molar-refractivity contribution in [1.29, 1.82) is 5.26 Å². The number of nitriles is 1. The Labute approximate surface area is 47.7 Å². The summed E-state index contributed by atoms with van der Waals surface area (Å²) >= 11 is 4.31. The SMILES string of the molecule is N#CCCOC=S. The zero-order chi connectivity index (χ0) is 5.54. The van der Waals surface area contributed by atoms with Crippen LogP contribution in [0.3, 0.4) is 0 Å². The van der Waals surface area contributed by atoms with Crippen molar-refractivity contribution in [3.63, 3.8) is 0 Å². The van der Waals surface area contributed by atoms with Gasteiger partial charge in [0.25, 0.3) is 0 Å². The molecule has 2 nitrogen and oxygen atoms in total. The van der Waals surface area contributed by atoms with E-state index in [1.165, 1.54) is 0 Å². The molecule has 0 amide bonds. The molecule has 7 heavy (non-hydrogen) atoms. The summed E-state index contributed by atoms with van der Waals surface area (Å²) in [5, 5.41) is 7.91. The van der Waals surface area contributed by atoms with E-state index < -0.39 is 0 Å². The van der Waals surface area contributed by atoms with E-state index in [1.807, 2.05) is 6.07 Å². The number of nitrogens with zero attached hydrogens (tertiary/aromatic N) is 1. The maximum Gasteiger partial charge on any atom is 0.146 e. The number of rotatable bonds is 3. The van der Waals surface area contributed by atoms with E-state index in [1.54, 1.807) is 0 Å². The fourth-order valence-electron chi connectivity index (χ4n) is 0.153. The Morgan fingerprint density at radius 1 is 1.86 bits per heavy atom. The Hall–Kier alpha value is -0.620. The summed E-state index contributed by atoms with van der Waals surface area (Å²) in [4.78, 5) is 0. The highest BCUT2D eigenvalue weighted by molar-refractivity contribution is 7.78. The van der Waals surface area contributed by atoms with E-state index >= 15 is 0 Å². The minimum atomic E-state index is 0.410. The maximum atomic E-state index is 7.91. The molecule has 0 saturated carbocycles. The molecular weight excluding hydrogens is 110 g/mol. The standard InChI is InChI=1S/C4H5NOS/c5-2-1-3-6-4-7/h4H,1,3H2. The first-order valence-corrected chi connectivity index (χ1v) is 2.31. The lowest BCUT2D eigenvalue weighted by Crippen LogP contribution is -1.86. The molecule has 0 saturated heterocycles. The maximum absolute atomic E-state index is 7.91. The Kier molecular flexibility index (Phi) is 4.90. The molecule has 0 aliphatic heterocycles. The van der Waals surface area contributed by atoms with Crippen molar-refractivity contribution in [2.45, 2.75) is 6.42 Å². The van der Waals surface area contributed by atoms with E-state index in [4.69, 9.17) is 5.26 Å². The van der Waals surface area contributed by atoms with Gasteiger partial charge in [-0.15, -0.1) is 0 Å².